The van der Waals surface area contributed by atoms with Gasteiger partial charge in [-0.15, -0.1) is 0 Å². The lowest BCUT2D eigenvalue weighted by molar-refractivity contribution is 0.133. The molecule has 0 saturated heterocycles. The van der Waals surface area contributed by atoms with Crippen LogP contribution in [0.5, 0.6) is 5.75 Å². The molecule has 2 aromatic carbocycles. The van der Waals surface area contributed by atoms with E-state index >= 15 is 4.39 Å². The number of halogens is 3. The van der Waals surface area contributed by atoms with E-state index in [0.29, 0.717) is 17.8 Å². The highest BCUT2D eigenvalue weighted by molar-refractivity contribution is 5.66. The molecule has 2 aliphatic carbocycles. The van der Waals surface area contributed by atoms with E-state index in [0.717, 1.165) is 24.3 Å². The fourth-order valence-electron chi connectivity index (χ4n) is 5.76. The molecule has 0 aliphatic heterocycles. The summed E-state index contributed by atoms with van der Waals surface area (Å²) in [5, 5.41) is 0. The van der Waals surface area contributed by atoms with Crippen LogP contribution in [0.4, 0.5) is 13.2 Å². The second kappa shape index (κ2) is 10.6. The van der Waals surface area contributed by atoms with Crippen LogP contribution in [0, 0.1) is 35.2 Å². The molecular formula is C29H33F3O. The molecular weight excluding hydrogens is 421 g/mol. The minimum absolute atomic E-state index is 0.0794. The highest BCUT2D eigenvalue weighted by atomic mass is 19.2. The maximum atomic E-state index is 15.1. The van der Waals surface area contributed by atoms with Crippen molar-refractivity contribution in [2.45, 2.75) is 58.3 Å². The van der Waals surface area contributed by atoms with Crippen molar-refractivity contribution < 1.29 is 17.9 Å². The first kappa shape index (κ1) is 23.7. The normalized spacial score (nSPS) is 25.5. The predicted molar refractivity (Wildman–Crippen MR) is 128 cm³/mol. The molecule has 2 saturated carbocycles. The van der Waals surface area contributed by atoms with E-state index in [2.05, 4.69) is 19.1 Å². The van der Waals surface area contributed by atoms with E-state index < -0.39 is 17.5 Å². The zero-order valence-corrected chi connectivity index (χ0v) is 19.5. The second-order valence-corrected chi connectivity index (χ2v) is 9.49. The summed E-state index contributed by atoms with van der Waals surface area (Å²) >= 11 is 0. The molecule has 4 unspecified atom stereocenters. The van der Waals surface area contributed by atoms with Crippen molar-refractivity contribution in [3.05, 3.63) is 77.7 Å². The SMILES string of the molecule is C/C=C/COc1ccc(-c2ccc(C3CCC4CC(/C=C/C)CCC4C3)cc2F)c(F)c1F. The molecule has 33 heavy (non-hydrogen) atoms. The predicted octanol–water partition coefficient (Wildman–Crippen LogP) is 8.60. The van der Waals surface area contributed by atoms with Gasteiger partial charge in [0, 0.05) is 11.1 Å². The molecule has 4 rings (SSSR count). The molecule has 0 heterocycles. The van der Waals surface area contributed by atoms with Gasteiger partial charge in [0.1, 0.15) is 12.4 Å². The van der Waals surface area contributed by atoms with Gasteiger partial charge < -0.3 is 4.74 Å². The first-order valence-corrected chi connectivity index (χ1v) is 12.2. The molecule has 2 fully saturated rings. The highest BCUT2D eigenvalue weighted by Crippen LogP contribution is 2.48. The first-order valence-electron chi connectivity index (χ1n) is 12.2. The number of fused-ring (bicyclic) bond motifs is 1. The average molecular weight is 455 g/mol. The third kappa shape index (κ3) is 5.20. The number of allylic oxidation sites excluding steroid dienone is 3. The largest absolute Gasteiger partial charge is 0.486 e. The van der Waals surface area contributed by atoms with E-state index in [1.165, 1.54) is 43.9 Å². The summed E-state index contributed by atoms with van der Waals surface area (Å²) in [4.78, 5) is 0. The monoisotopic (exact) mass is 454 g/mol. The quantitative estimate of drug-likeness (QED) is 0.397. The van der Waals surface area contributed by atoms with Crippen molar-refractivity contribution in [3.63, 3.8) is 0 Å². The Morgan fingerprint density at radius 3 is 2.36 bits per heavy atom. The third-order valence-corrected chi connectivity index (χ3v) is 7.49. The van der Waals surface area contributed by atoms with Crippen molar-refractivity contribution in [1.82, 2.24) is 0 Å². The maximum absolute atomic E-state index is 15.1. The summed E-state index contributed by atoms with van der Waals surface area (Å²) in [5.74, 6) is -0.345. The Morgan fingerprint density at radius 2 is 1.61 bits per heavy atom. The summed E-state index contributed by atoms with van der Waals surface area (Å²) in [7, 11) is 0. The van der Waals surface area contributed by atoms with Crippen LogP contribution < -0.4 is 4.74 Å². The fourth-order valence-corrected chi connectivity index (χ4v) is 5.76. The van der Waals surface area contributed by atoms with Crippen LogP contribution in [-0.2, 0) is 0 Å². The highest BCUT2D eigenvalue weighted by Gasteiger charge is 2.35. The summed E-state index contributed by atoms with van der Waals surface area (Å²) in [6, 6.07) is 7.76. The van der Waals surface area contributed by atoms with E-state index in [9.17, 15) is 8.78 Å². The topological polar surface area (TPSA) is 9.23 Å². The van der Waals surface area contributed by atoms with E-state index in [-0.39, 0.29) is 23.5 Å². The van der Waals surface area contributed by atoms with Crippen LogP contribution in [0.1, 0.15) is 63.9 Å². The van der Waals surface area contributed by atoms with E-state index in [4.69, 9.17) is 4.74 Å². The van der Waals surface area contributed by atoms with Gasteiger partial charge in [-0.3, -0.25) is 0 Å². The maximum Gasteiger partial charge on any atom is 0.201 e. The van der Waals surface area contributed by atoms with Crippen LogP contribution in [0.3, 0.4) is 0 Å². The summed E-state index contributed by atoms with van der Waals surface area (Å²) in [6.45, 7) is 4.06. The van der Waals surface area contributed by atoms with E-state index in [1.807, 2.05) is 13.0 Å². The smallest absolute Gasteiger partial charge is 0.201 e. The van der Waals surface area contributed by atoms with Gasteiger partial charge in [-0.05, 0) is 99.8 Å². The second-order valence-electron chi connectivity index (χ2n) is 9.49. The number of hydrogen-bond donors (Lipinski definition) is 0. The molecule has 176 valence electrons. The Kier molecular flexibility index (Phi) is 7.62. The molecule has 0 aromatic heterocycles. The molecule has 4 heteroatoms. The van der Waals surface area contributed by atoms with Gasteiger partial charge in [0.2, 0.25) is 5.82 Å². The van der Waals surface area contributed by atoms with Gasteiger partial charge in [-0.2, -0.15) is 4.39 Å². The average Bonchev–Trinajstić information content (AvgIpc) is 2.82. The Hall–Kier alpha value is -2.49. The van der Waals surface area contributed by atoms with Crippen molar-refractivity contribution >= 4 is 0 Å². The number of benzene rings is 2. The minimum atomic E-state index is -1.09. The summed E-state index contributed by atoms with van der Waals surface area (Å²) in [5.41, 5.74) is 0.967. The number of ether oxygens (including phenoxy) is 1. The molecule has 0 radical (unpaired) electrons. The van der Waals surface area contributed by atoms with Crippen LogP contribution in [0.15, 0.2) is 54.6 Å². The Bertz CT molecular complexity index is 1030. The lowest BCUT2D eigenvalue weighted by atomic mass is 9.64. The minimum Gasteiger partial charge on any atom is -0.486 e. The van der Waals surface area contributed by atoms with Gasteiger partial charge >= 0.3 is 0 Å². The molecule has 0 spiro atoms. The van der Waals surface area contributed by atoms with E-state index in [1.54, 1.807) is 18.2 Å². The molecule has 0 bridgehead atoms. The van der Waals surface area contributed by atoms with Crippen LogP contribution >= 0.6 is 0 Å². The lowest BCUT2D eigenvalue weighted by Gasteiger charge is -2.41. The van der Waals surface area contributed by atoms with Crippen molar-refractivity contribution in [2.75, 3.05) is 6.61 Å². The Morgan fingerprint density at radius 1 is 0.848 bits per heavy atom. The molecule has 0 amide bonds. The number of hydrogen-bond acceptors (Lipinski definition) is 1. The molecule has 2 aromatic rings. The van der Waals surface area contributed by atoms with Crippen LogP contribution in [0.2, 0.25) is 0 Å². The number of rotatable bonds is 6. The third-order valence-electron chi connectivity index (χ3n) is 7.49. The van der Waals surface area contributed by atoms with Gasteiger partial charge in [-0.1, -0.05) is 36.4 Å². The fraction of sp³-hybridized carbons (Fsp3) is 0.448. The van der Waals surface area contributed by atoms with Gasteiger partial charge in [-0.25, -0.2) is 8.78 Å². The first-order chi connectivity index (χ1) is 16.0. The molecule has 1 nitrogen and oxygen atoms in total. The Labute approximate surface area is 195 Å². The Balaban J connectivity index is 1.48. The lowest BCUT2D eigenvalue weighted by Crippen LogP contribution is -2.30. The zero-order chi connectivity index (χ0) is 23.4. The standard InChI is InChI=1S/C29H33F3O/c1-3-5-15-33-27-14-13-25(28(31)29(27)32)24-12-11-23(18-26(24)30)22-10-9-20-16-19(6-4-2)7-8-21(20)17-22/h3-6,11-14,18-22H,7-10,15-17H2,1-2H3/b5-3+,6-4+. The molecule has 0 N–H and O–H groups in total. The van der Waals surface area contributed by atoms with Crippen LogP contribution in [-0.4, -0.2) is 6.61 Å². The van der Waals surface area contributed by atoms with Crippen molar-refractivity contribution in [2.24, 2.45) is 17.8 Å². The zero-order valence-electron chi connectivity index (χ0n) is 19.5. The van der Waals surface area contributed by atoms with Crippen LogP contribution in [0.25, 0.3) is 11.1 Å². The van der Waals surface area contributed by atoms with Gasteiger partial charge in [0.15, 0.2) is 11.6 Å². The molecule has 4 atom stereocenters. The summed E-state index contributed by atoms with van der Waals surface area (Å²) < 4.78 is 49.5. The van der Waals surface area contributed by atoms with Gasteiger partial charge in [0.05, 0.1) is 0 Å². The van der Waals surface area contributed by atoms with Crippen molar-refractivity contribution in [3.8, 4) is 16.9 Å². The summed E-state index contributed by atoms with van der Waals surface area (Å²) in [6.07, 6.45) is 15.1. The van der Waals surface area contributed by atoms with Gasteiger partial charge in [0.25, 0.3) is 0 Å². The molecule has 2 aliphatic rings. The van der Waals surface area contributed by atoms with Crippen molar-refractivity contribution in [1.29, 1.82) is 0 Å².